The van der Waals surface area contributed by atoms with Gasteiger partial charge in [-0.15, -0.1) is 0 Å². The van der Waals surface area contributed by atoms with Crippen molar-refractivity contribution in [2.24, 2.45) is 0 Å². The highest BCUT2D eigenvalue weighted by atomic mass is 19.1. The molecule has 2 saturated heterocycles. The lowest BCUT2D eigenvalue weighted by Crippen LogP contribution is -2.43. The second-order valence-corrected chi connectivity index (χ2v) is 6.30. The minimum atomic E-state index is -0.708. The van der Waals surface area contributed by atoms with Crippen molar-refractivity contribution in [1.29, 1.82) is 0 Å². The van der Waals surface area contributed by atoms with Crippen molar-refractivity contribution >= 4 is 0 Å². The Balaban J connectivity index is 1.99. The summed E-state index contributed by atoms with van der Waals surface area (Å²) in [4.78, 5) is 2.24. The van der Waals surface area contributed by atoms with Crippen molar-refractivity contribution in [3.8, 4) is 0 Å². The molecule has 2 fully saturated rings. The van der Waals surface area contributed by atoms with Crippen LogP contribution < -0.4 is 0 Å². The van der Waals surface area contributed by atoms with Gasteiger partial charge in [-0.1, -0.05) is 0 Å². The Morgan fingerprint density at radius 2 is 1.89 bits per heavy atom. The van der Waals surface area contributed by atoms with Crippen molar-refractivity contribution < 1.29 is 13.9 Å². The Kier molecular flexibility index (Phi) is 4.29. The first-order valence-electron chi connectivity index (χ1n) is 7.07. The number of halogens is 1. The summed E-state index contributed by atoms with van der Waals surface area (Å²) in [5.74, 6) is 0. The maximum Gasteiger partial charge on any atom is 0.115 e. The van der Waals surface area contributed by atoms with Gasteiger partial charge in [-0.3, -0.25) is 4.90 Å². The van der Waals surface area contributed by atoms with E-state index in [2.05, 4.69) is 18.7 Å². The molecule has 2 aliphatic rings. The molecular weight excluding hydrogens is 233 g/mol. The molecule has 0 bridgehead atoms. The van der Waals surface area contributed by atoms with Crippen molar-refractivity contribution in [3.63, 3.8) is 0 Å². The zero-order valence-electron chi connectivity index (χ0n) is 12.0. The third-order valence-electron chi connectivity index (χ3n) is 3.87. The van der Waals surface area contributed by atoms with E-state index in [4.69, 9.17) is 9.47 Å². The van der Waals surface area contributed by atoms with Crippen LogP contribution in [0.3, 0.4) is 0 Å². The molecule has 106 valence electrons. The van der Waals surface area contributed by atoms with Crippen LogP contribution in [0.15, 0.2) is 0 Å². The van der Waals surface area contributed by atoms with Gasteiger partial charge in [-0.05, 0) is 34.1 Å². The largest absolute Gasteiger partial charge is 0.377 e. The molecule has 3 unspecified atom stereocenters. The molecule has 0 N–H and O–H groups in total. The van der Waals surface area contributed by atoms with Crippen LogP contribution in [0.4, 0.5) is 4.39 Å². The Hall–Kier alpha value is -0.190. The summed E-state index contributed by atoms with van der Waals surface area (Å²) < 4.78 is 25.3. The smallest absolute Gasteiger partial charge is 0.115 e. The minimum absolute atomic E-state index is 0.122. The maximum atomic E-state index is 13.7. The Morgan fingerprint density at radius 1 is 1.17 bits per heavy atom. The zero-order valence-corrected chi connectivity index (χ0v) is 12.0. The molecule has 0 aromatic rings. The lowest BCUT2D eigenvalue weighted by molar-refractivity contribution is -0.00547. The first-order valence-corrected chi connectivity index (χ1v) is 7.07. The van der Waals surface area contributed by atoms with E-state index in [-0.39, 0.29) is 23.9 Å². The van der Waals surface area contributed by atoms with Crippen molar-refractivity contribution in [3.05, 3.63) is 0 Å². The third-order valence-corrected chi connectivity index (χ3v) is 3.87. The van der Waals surface area contributed by atoms with Gasteiger partial charge >= 0.3 is 0 Å². The topological polar surface area (TPSA) is 21.7 Å². The van der Waals surface area contributed by atoms with E-state index in [0.717, 1.165) is 13.0 Å². The molecule has 3 nitrogen and oxygen atoms in total. The second-order valence-electron chi connectivity index (χ2n) is 6.30. The molecule has 0 aliphatic carbocycles. The molecule has 18 heavy (non-hydrogen) atoms. The highest BCUT2D eigenvalue weighted by Gasteiger charge is 2.52. The molecule has 0 amide bonds. The number of ether oxygens (including phenoxy) is 2. The predicted octanol–water partition coefficient (Wildman–Crippen LogP) is 2.39. The molecule has 0 radical (unpaired) electrons. The van der Waals surface area contributed by atoms with Crippen LogP contribution in [-0.2, 0) is 9.47 Å². The maximum absolute atomic E-state index is 13.7. The molecule has 3 atom stereocenters. The molecule has 0 aromatic heterocycles. The molecule has 0 aromatic carbocycles. The van der Waals surface area contributed by atoms with Gasteiger partial charge in [-0.25, -0.2) is 4.39 Å². The molecular formula is C14H26FNO2. The summed E-state index contributed by atoms with van der Waals surface area (Å²) in [6, 6.07) is 0. The van der Waals surface area contributed by atoms with Crippen LogP contribution >= 0.6 is 0 Å². The number of hydrogen-bond acceptors (Lipinski definition) is 3. The van der Waals surface area contributed by atoms with Gasteiger partial charge < -0.3 is 9.47 Å². The molecule has 0 saturated carbocycles. The van der Waals surface area contributed by atoms with Crippen LogP contribution in [-0.4, -0.2) is 54.6 Å². The van der Waals surface area contributed by atoms with Crippen molar-refractivity contribution in [1.82, 2.24) is 4.90 Å². The lowest BCUT2D eigenvalue weighted by Gasteiger charge is -2.31. The molecule has 2 aliphatic heterocycles. The summed E-state index contributed by atoms with van der Waals surface area (Å²) in [5.41, 5.74) is -0.122. The monoisotopic (exact) mass is 259 g/mol. The van der Waals surface area contributed by atoms with Crippen LogP contribution in [0.2, 0.25) is 0 Å². The summed E-state index contributed by atoms with van der Waals surface area (Å²) in [6.07, 6.45) is 1.45. The average molecular weight is 259 g/mol. The zero-order chi connectivity index (χ0) is 13.3. The molecule has 2 rings (SSSR count). The number of nitrogens with zero attached hydrogens (tertiary/aromatic N) is 1. The highest BCUT2D eigenvalue weighted by Crippen LogP contribution is 2.41. The van der Waals surface area contributed by atoms with Gasteiger partial charge in [0.25, 0.3) is 0 Å². The van der Waals surface area contributed by atoms with Gasteiger partial charge in [0, 0.05) is 25.0 Å². The summed E-state index contributed by atoms with van der Waals surface area (Å²) >= 11 is 0. The van der Waals surface area contributed by atoms with Crippen molar-refractivity contribution in [2.45, 2.75) is 70.6 Å². The molecule has 0 spiro atoms. The first kappa shape index (κ1) is 14.2. The lowest BCUT2D eigenvalue weighted by atomic mass is 9.93. The van der Waals surface area contributed by atoms with E-state index in [1.807, 2.05) is 13.8 Å². The highest BCUT2D eigenvalue weighted by molar-refractivity contribution is 5.07. The van der Waals surface area contributed by atoms with Gasteiger partial charge in [0.2, 0.25) is 0 Å². The average Bonchev–Trinajstić information content (AvgIpc) is 2.66. The first-order chi connectivity index (χ1) is 8.41. The van der Waals surface area contributed by atoms with Crippen LogP contribution in [0.5, 0.6) is 0 Å². The van der Waals surface area contributed by atoms with Crippen molar-refractivity contribution in [2.75, 3.05) is 19.7 Å². The van der Waals surface area contributed by atoms with E-state index in [0.29, 0.717) is 19.6 Å². The Labute approximate surface area is 110 Å². The van der Waals surface area contributed by atoms with E-state index in [9.17, 15) is 4.39 Å². The van der Waals surface area contributed by atoms with E-state index < -0.39 is 6.17 Å². The normalized spacial score (nSPS) is 36.8. The van der Waals surface area contributed by atoms with Crippen LogP contribution in [0.25, 0.3) is 0 Å². The number of hydrogen-bond donors (Lipinski definition) is 0. The van der Waals surface area contributed by atoms with Crippen LogP contribution in [0, 0.1) is 0 Å². The van der Waals surface area contributed by atoms with Crippen LogP contribution in [0.1, 0.15) is 40.5 Å². The fraction of sp³-hybridized carbons (Fsp3) is 1.00. The number of fused-ring (bicyclic) bond motifs is 1. The van der Waals surface area contributed by atoms with Gasteiger partial charge in [0.05, 0.1) is 24.9 Å². The second kappa shape index (κ2) is 5.43. The summed E-state index contributed by atoms with van der Waals surface area (Å²) in [6.45, 7) is 10.2. The SMILES string of the molecule is CC(C)OCC12CC(F)CN1CC(OC(C)C)C2. The predicted molar refractivity (Wildman–Crippen MR) is 69.5 cm³/mol. The quantitative estimate of drug-likeness (QED) is 0.756. The number of alkyl halides is 1. The fourth-order valence-electron chi connectivity index (χ4n) is 3.26. The van der Waals surface area contributed by atoms with Gasteiger partial charge in [0.1, 0.15) is 6.17 Å². The number of rotatable bonds is 5. The Bertz CT molecular complexity index is 285. The van der Waals surface area contributed by atoms with E-state index in [1.54, 1.807) is 0 Å². The van der Waals surface area contributed by atoms with E-state index in [1.165, 1.54) is 0 Å². The van der Waals surface area contributed by atoms with Gasteiger partial charge in [0.15, 0.2) is 0 Å². The fourth-order valence-corrected chi connectivity index (χ4v) is 3.26. The van der Waals surface area contributed by atoms with Gasteiger partial charge in [-0.2, -0.15) is 0 Å². The third kappa shape index (κ3) is 3.03. The summed E-state index contributed by atoms with van der Waals surface area (Å²) in [7, 11) is 0. The summed E-state index contributed by atoms with van der Waals surface area (Å²) in [5, 5.41) is 0. The van der Waals surface area contributed by atoms with E-state index >= 15 is 0 Å². The standard InChI is InChI=1S/C14H26FNO2/c1-10(2)17-9-14-5-12(15)7-16(14)8-13(6-14)18-11(3)4/h10-13H,5-9H2,1-4H3. The minimum Gasteiger partial charge on any atom is -0.377 e. The Morgan fingerprint density at radius 3 is 2.50 bits per heavy atom. The molecule has 4 heteroatoms. The molecule has 2 heterocycles.